The fourth-order valence-electron chi connectivity index (χ4n) is 3.83. The molecule has 0 saturated carbocycles. The molecule has 0 aliphatic carbocycles. The third kappa shape index (κ3) is 3.03. The van der Waals surface area contributed by atoms with E-state index in [0.29, 0.717) is 18.0 Å². The Kier molecular flexibility index (Phi) is 4.24. The van der Waals surface area contributed by atoms with Gasteiger partial charge in [-0.25, -0.2) is 4.98 Å². The maximum atomic E-state index is 12.7. The molecule has 0 spiro atoms. The molecule has 2 aliphatic heterocycles. The van der Waals surface area contributed by atoms with Crippen molar-refractivity contribution in [3.8, 4) is 6.07 Å². The lowest BCUT2D eigenvalue weighted by Crippen LogP contribution is -2.40. The maximum Gasteiger partial charge on any atom is 0.244 e. The predicted molar refractivity (Wildman–Crippen MR) is 94.1 cm³/mol. The van der Waals surface area contributed by atoms with Crippen LogP contribution in [0.2, 0.25) is 0 Å². The van der Waals surface area contributed by atoms with E-state index in [0.717, 1.165) is 43.9 Å². The van der Waals surface area contributed by atoms with Gasteiger partial charge in [0.25, 0.3) is 0 Å². The van der Waals surface area contributed by atoms with Gasteiger partial charge >= 0.3 is 0 Å². The number of imidazole rings is 1. The zero-order valence-electron chi connectivity index (χ0n) is 14.1. The minimum absolute atomic E-state index is 0.115. The summed E-state index contributed by atoms with van der Waals surface area (Å²) in [5.41, 5.74) is 1.47. The van der Waals surface area contributed by atoms with Crippen LogP contribution in [0.1, 0.15) is 36.6 Å². The highest BCUT2D eigenvalue weighted by molar-refractivity contribution is 5.99. The van der Waals surface area contributed by atoms with Gasteiger partial charge < -0.3 is 14.8 Å². The number of aryl methyl sites for hydroxylation is 1. The normalized spacial score (nSPS) is 22.7. The third-order valence-corrected chi connectivity index (χ3v) is 5.19. The molecule has 2 atom stereocenters. The summed E-state index contributed by atoms with van der Waals surface area (Å²) >= 11 is 0. The van der Waals surface area contributed by atoms with Gasteiger partial charge in [0.2, 0.25) is 5.91 Å². The molecule has 1 aromatic heterocycles. The molecule has 128 valence electrons. The molecule has 2 aliphatic rings. The van der Waals surface area contributed by atoms with E-state index < -0.39 is 0 Å². The van der Waals surface area contributed by atoms with Gasteiger partial charge in [0.05, 0.1) is 17.7 Å². The molecule has 1 saturated heterocycles. The quantitative estimate of drug-likeness (QED) is 0.928. The molecule has 25 heavy (non-hydrogen) atoms. The summed E-state index contributed by atoms with van der Waals surface area (Å²) < 4.78 is 2.22. The maximum absolute atomic E-state index is 12.7. The molecular weight excluding hydrogens is 314 g/mol. The van der Waals surface area contributed by atoms with E-state index in [4.69, 9.17) is 5.26 Å². The van der Waals surface area contributed by atoms with E-state index in [1.165, 1.54) is 0 Å². The first-order valence-electron chi connectivity index (χ1n) is 8.82. The van der Waals surface area contributed by atoms with Gasteiger partial charge in [-0.05, 0) is 43.5 Å². The molecule has 0 bridgehead atoms. The number of fused-ring (bicyclic) bond motifs is 1. The van der Waals surface area contributed by atoms with Gasteiger partial charge in [-0.1, -0.05) is 0 Å². The van der Waals surface area contributed by atoms with Gasteiger partial charge in [-0.3, -0.25) is 4.79 Å². The zero-order chi connectivity index (χ0) is 17.2. The molecule has 3 heterocycles. The van der Waals surface area contributed by atoms with Gasteiger partial charge in [-0.2, -0.15) is 5.26 Å². The zero-order valence-corrected chi connectivity index (χ0v) is 14.1. The SMILES string of the molecule is N#Cc1ccc(N2CC[C@H](NC[C@H]3CCCn4ccnc43)C2=O)cc1. The number of anilines is 1. The molecule has 1 N–H and O–H groups in total. The highest BCUT2D eigenvalue weighted by Crippen LogP contribution is 2.26. The number of nitrogens with one attached hydrogen (secondary N) is 1. The third-order valence-electron chi connectivity index (χ3n) is 5.19. The number of nitriles is 1. The van der Waals surface area contributed by atoms with Crippen LogP contribution < -0.4 is 10.2 Å². The fourth-order valence-corrected chi connectivity index (χ4v) is 3.83. The smallest absolute Gasteiger partial charge is 0.244 e. The van der Waals surface area contributed by atoms with E-state index in [2.05, 4.69) is 20.9 Å². The van der Waals surface area contributed by atoms with Crippen LogP contribution in [0.4, 0.5) is 5.69 Å². The summed E-state index contributed by atoms with van der Waals surface area (Å²) in [7, 11) is 0. The lowest BCUT2D eigenvalue weighted by molar-refractivity contribution is -0.118. The van der Waals surface area contributed by atoms with E-state index >= 15 is 0 Å². The van der Waals surface area contributed by atoms with Crippen LogP contribution in [0.5, 0.6) is 0 Å². The van der Waals surface area contributed by atoms with E-state index in [-0.39, 0.29) is 11.9 Å². The van der Waals surface area contributed by atoms with Crippen molar-refractivity contribution in [3.63, 3.8) is 0 Å². The second kappa shape index (κ2) is 6.69. The Morgan fingerprint density at radius 2 is 2.08 bits per heavy atom. The molecule has 6 nitrogen and oxygen atoms in total. The van der Waals surface area contributed by atoms with Crippen LogP contribution in [0.15, 0.2) is 36.7 Å². The Labute approximate surface area is 147 Å². The molecule has 0 unspecified atom stereocenters. The summed E-state index contributed by atoms with van der Waals surface area (Å²) in [5.74, 6) is 1.62. The van der Waals surface area contributed by atoms with Crippen LogP contribution in [0.25, 0.3) is 0 Å². The lowest BCUT2D eigenvalue weighted by atomic mass is 9.98. The average Bonchev–Trinajstić information content (AvgIpc) is 3.27. The summed E-state index contributed by atoms with van der Waals surface area (Å²) in [6.45, 7) is 2.54. The largest absolute Gasteiger partial charge is 0.335 e. The molecule has 1 amide bonds. The second-order valence-electron chi connectivity index (χ2n) is 6.72. The first-order chi connectivity index (χ1) is 12.3. The molecule has 1 fully saturated rings. The monoisotopic (exact) mass is 335 g/mol. The number of nitrogens with zero attached hydrogens (tertiary/aromatic N) is 4. The van der Waals surface area contributed by atoms with Crippen molar-refractivity contribution in [2.24, 2.45) is 0 Å². The number of carbonyl (C=O) groups is 1. The van der Waals surface area contributed by atoms with Crippen molar-refractivity contribution in [1.29, 1.82) is 5.26 Å². The number of benzene rings is 1. The van der Waals surface area contributed by atoms with Crippen molar-refractivity contribution >= 4 is 11.6 Å². The summed E-state index contributed by atoms with van der Waals surface area (Å²) in [6, 6.07) is 9.16. The number of hydrogen-bond acceptors (Lipinski definition) is 4. The number of hydrogen-bond donors (Lipinski definition) is 1. The predicted octanol–water partition coefficient (Wildman–Crippen LogP) is 2.03. The Balaban J connectivity index is 1.39. The Morgan fingerprint density at radius 1 is 1.24 bits per heavy atom. The Hall–Kier alpha value is -2.65. The topological polar surface area (TPSA) is 74.0 Å². The van der Waals surface area contributed by atoms with Crippen LogP contribution in [-0.2, 0) is 11.3 Å². The van der Waals surface area contributed by atoms with Crippen LogP contribution in [0.3, 0.4) is 0 Å². The molecule has 0 radical (unpaired) electrons. The van der Waals surface area contributed by atoms with E-state index in [9.17, 15) is 4.79 Å². The van der Waals surface area contributed by atoms with Crippen molar-refractivity contribution in [3.05, 3.63) is 48.0 Å². The summed E-state index contributed by atoms with van der Waals surface area (Å²) in [6.07, 6.45) is 6.98. The Morgan fingerprint density at radius 3 is 2.88 bits per heavy atom. The Bertz CT molecular complexity index is 804. The number of aromatic nitrogens is 2. The van der Waals surface area contributed by atoms with E-state index in [1.807, 2.05) is 24.5 Å². The number of rotatable bonds is 4. The average molecular weight is 335 g/mol. The molecule has 6 heteroatoms. The van der Waals surface area contributed by atoms with E-state index in [1.54, 1.807) is 17.0 Å². The lowest BCUT2D eigenvalue weighted by Gasteiger charge is -2.25. The van der Waals surface area contributed by atoms with Crippen LogP contribution in [0, 0.1) is 11.3 Å². The molecular formula is C19H21N5O. The molecule has 4 rings (SSSR count). The van der Waals surface area contributed by atoms with Crippen molar-refractivity contribution in [2.75, 3.05) is 18.0 Å². The van der Waals surface area contributed by atoms with Crippen LogP contribution >= 0.6 is 0 Å². The van der Waals surface area contributed by atoms with Crippen molar-refractivity contribution in [2.45, 2.75) is 37.8 Å². The van der Waals surface area contributed by atoms with Crippen LogP contribution in [-0.4, -0.2) is 34.6 Å². The summed E-state index contributed by atoms with van der Waals surface area (Å²) in [4.78, 5) is 19.0. The van der Waals surface area contributed by atoms with Gasteiger partial charge in [-0.15, -0.1) is 0 Å². The highest BCUT2D eigenvalue weighted by atomic mass is 16.2. The number of carbonyl (C=O) groups excluding carboxylic acids is 1. The highest BCUT2D eigenvalue weighted by Gasteiger charge is 2.33. The molecule has 1 aromatic carbocycles. The minimum Gasteiger partial charge on any atom is -0.335 e. The molecule has 2 aromatic rings. The number of amides is 1. The van der Waals surface area contributed by atoms with Gasteiger partial charge in [0.15, 0.2) is 0 Å². The van der Waals surface area contributed by atoms with Gasteiger partial charge in [0.1, 0.15) is 5.82 Å². The first-order valence-corrected chi connectivity index (χ1v) is 8.82. The standard InChI is InChI=1S/C19H21N5O/c20-12-14-3-5-16(6-4-14)24-10-7-17(19(24)25)22-13-15-2-1-9-23-11-8-21-18(15)23/h3-6,8,11,15,17,22H,1-2,7,9-10,13H2/t15-,17+/m1/s1. The van der Waals surface area contributed by atoms with Crippen molar-refractivity contribution < 1.29 is 4.79 Å². The van der Waals surface area contributed by atoms with Crippen molar-refractivity contribution in [1.82, 2.24) is 14.9 Å². The second-order valence-corrected chi connectivity index (χ2v) is 6.72. The first kappa shape index (κ1) is 15.9. The minimum atomic E-state index is -0.138. The van der Waals surface area contributed by atoms with Gasteiger partial charge in [0, 0.05) is 43.6 Å². The fraction of sp³-hybridized carbons (Fsp3) is 0.421. The summed E-state index contributed by atoms with van der Waals surface area (Å²) in [5, 5.41) is 12.3.